The van der Waals surface area contributed by atoms with Gasteiger partial charge in [-0.25, -0.2) is 0 Å². The highest BCUT2D eigenvalue weighted by molar-refractivity contribution is 5.85. The van der Waals surface area contributed by atoms with Crippen LogP contribution in [0.4, 0.5) is 0 Å². The van der Waals surface area contributed by atoms with Crippen molar-refractivity contribution in [1.82, 2.24) is 10.2 Å². The molecule has 19 heavy (non-hydrogen) atoms. The minimum Gasteiger partial charge on any atom is -0.355 e. The monoisotopic (exact) mass is 266 g/mol. The Balaban J connectivity index is 1.59. The molecule has 4 heteroatoms. The summed E-state index contributed by atoms with van der Waals surface area (Å²) in [6.07, 6.45) is 10.4. The van der Waals surface area contributed by atoms with Crippen molar-refractivity contribution < 1.29 is 9.59 Å². The van der Waals surface area contributed by atoms with Crippen molar-refractivity contribution in [2.24, 2.45) is 5.92 Å². The van der Waals surface area contributed by atoms with E-state index in [1.165, 1.54) is 32.1 Å². The first-order valence-corrected chi connectivity index (χ1v) is 7.80. The van der Waals surface area contributed by atoms with E-state index in [4.69, 9.17) is 0 Å². The van der Waals surface area contributed by atoms with Crippen LogP contribution in [0, 0.1) is 5.92 Å². The second-order valence-corrected chi connectivity index (χ2v) is 5.92. The summed E-state index contributed by atoms with van der Waals surface area (Å²) in [5.74, 6) is 0.936. The topological polar surface area (TPSA) is 49.4 Å². The number of rotatable bonds is 5. The van der Waals surface area contributed by atoms with Crippen molar-refractivity contribution in [1.29, 1.82) is 0 Å². The third-order valence-corrected chi connectivity index (χ3v) is 4.36. The van der Waals surface area contributed by atoms with E-state index in [2.05, 4.69) is 5.32 Å². The number of piperidine rings is 1. The molecule has 2 amide bonds. The van der Waals surface area contributed by atoms with Gasteiger partial charge in [0, 0.05) is 19.5 Å². The molecule has 4 nitrogen and oxygen atoms in total. The summed E-state index contributed by atoms with van der Waals surface area (Å²) in [6.45, 7) is 1.77. The molecule has 2 fully saturated rings. The summed E-state index contributed by atoms with van der Waals surface area (Å²) < 4.78 is 0. The van der Waals surface area contributed by atoms with Crippen LogP contribution >= 0.6 is 0 Å². The number of carbonyl (C=O) groups is 2. The van der Waals surface area contributed by atoms with Crippen molar-refractivity contribution in [2.45, 2.75) is 57.8 Å². The molecule has 2 aliphatic rings. The molecule has 0 aromatic carbocycles. The summed E-state index contributed by atoms with van der Waals surface area (Å²) in [4.78, 5) is 25.1. The lowest BCUT2D eigenvalue weighted by Crippen LogP contribution is -2.43. The van der Waals surface area contributed by atoms with Gasteiger partial charge in [0.05, 0.1) is 6.54 Å². The van der Waals surface area contributed by atoms with Crippen LogP contribution in [-0.4, -0.2) is 36.3 Å². The van der Waals surface area contributed by atoms with E-state index >= 15 is 0 Å². The molecule has 0 unspecified atom stereocenters. The SMILES string of the molecule is O=C(CN1CCCCC1=O)NCCC1CCCCC1. The summed E-state index contributed by atoms with van der Waals surface area (Å²) in [5.41, 5.74) is 0. The van der Waals surface area contributed by atoms with Crippen LogP contribution in [0.3, 0.4) is 0 Å². The minimum atomic E-state index is 0.00561. The van der Waals surface area contributed by atoms with Gasteiger partial charge in [-0.05, 0) is 25.2 Å². The van der Waals surface area contributed by atoms with Crippen molar-refractivity contribution in [3.05, 3.63) is 0 Å². The number of hydrogen-bond acceptors (Lipinski definition) is 2. The zero-order valence-electron chi connectivity index (χ0n) is 11.8. The first kappa shape index (κ1) is 14.4. The first-order valence-electron chi connectivity index (χ1n) is 7.80. The highest BCUT2D eigenvalue weighted by atomic mass is 16.2. The van der Waals surface area contributed by atoms with Gasteiger partial charge < -0.3 is 10.2 Å². The molecule has 108 valence electrons. The van der Waals surface area contributed by atoms with Gasteiger partial charge in [0.2, 0.25) is 11.8 Å². The van der Waals surface area contributed by atoms with Gasteiger partial charge in [-0.2, -0.15) is 0 Å². The van der Waals surface area contributed by atoms with Crippen LogP contribution in [0.25, 0.3) is 0 Å². The normalized spacial score (nSPS) is 21.5. The molecule has 2 rings (SSSR count). The van der Waals surface area contributed by atoms with Crippen LogP contribution in [-0.2, 0) is 9.59 Å². The van der Waals surface area contributed by atoms with E-state index in [9.17, 15) is 9.59 Å². The lowest BCUT2D eigenvalue weighted by molar-refractivity contribution is -0.137. The van der Waals surface area contributed by atoms with E-state index < -0.39 is 0 Å². The van der Waals surface area contributed by atoms with Crippen LogP contribution in [0.15, 0.2) is 0 Å². The summed E-state index contributed by atoms with van der Waals surface area (Å²) in [6, 6.07) is 0. The Kier molecular flexibility index (Phi) is 5.67. The third-order valence-electron chi connectivity index (χ3n) is 4.36. The highest BCUT2D eigenvalue weighted by Crippen LogP contribution is 2.25. The maximum absolute atomic E-state index is 11.8. The predicted octanol–water partition coefficient (Wildman–Crippen LogP) is 2.09. The van der Waals surface area contributed by atoms with E-state index in [1.54, 1.807) is 4.90 Å². The molecule has 0 bridgehead atoms. The number of hydrogen-bond donors (Lipinski definition) is 1. The second kappa shape index (κ2) is 7.51. The smallest absolute Gasteiger partial charge is 0.239 e. The summed E-state index contributed by atoms with van der Waals surface area (Å²) in [7, 11) is 0. The average molecular weight is 266 g/mol. The zero-order chi connectivity index (χ0) is 13.5. The Hall–Kier alpha value is -1.06. The largest absolute Gasteiger partial charge is 0.355 e. The second-order valence-electron chi connectivity index (χ2n) is 5.92. The van der Waals surface area contributed by atoms with Crippen LogP contribution in [0.5, 0.6) is 0 Å². The Labute approximate surface area is 115 Å². The Morgan fingerprint density at radius 2 is 1.95 bits per heavy atom. The van der Waals surface area contributed by atoms with E-state index in [1.807, 2.05) is 0 Å². The number of nitrogens with zero attached hydrogens (tertiary/aromatic N) is 1. The van der Waals surface area contributed by atoms with Gasteiger partial charge in [-0.1, -0.05) is 32.1 Å². The fraction of sp³-hybridized carbons (Fsp3) is 0.867. The molecule has 0 aromatic rings. The number of likely N-dealkylation sites (tertiary alicyclic amines) is 1. The molecule has 0 atom stereocenters. The van der Waals surface area contributed by atoms with E-state index in [0.717, 1.165) is 38.3 Å². The van der Waals surface area contributed by atoms with Gasteiger partial charge in [0.15, 0.2) is 0 Å². The lowest BCUT2D eigenvalue weighted by atomic mass is 9.87. The third kappa shape index (κ3) is 4.84. The highest BCUT2D eigenvalue weighted by Gasteiger charge is 2.20. The Morgan fingerprint density at radius 3 is 2.68 bits per heavy atom. The minimum absolute atomic E-state index is 0.00561. The van der Waals surface area contributed by atoms with Gasteiger partial charge >= 0.3 is 0 Å². The molecule has 0 spiro atoms. The quantitative estimate of drug-likeness (QED) is 0.828. The van der Waals surface area contributed by atoms with Crippen molar-refractivity contribution in [3.8, 4) is 0 Å². The molecule has 1 aliphatic carbocycles. The van der Waals surface area contributed by atoms with E-state index in [0.29, 0.717) is 6.42 Å². The predicted molar refractivity (Wildman–Crippen MR) is 74.6 cm³/mol. The van der Waals surface area contributed by atoms with Crippen molar-refractivity contribution in [2.75, 3.05) is 19.6 Å². The fourth-order valence-electron chi connectivity index (χ4n) is 3.15. The van der Waals surface area contributed by atoms with Crippen LogP contribution in [0.2, 0.25) is 0 Å². The zero-order valence-corrected chi connectivity index (χ0v) is 11.8. The van der Waals surface area contributed by atoms with Crippen molar-refractivity contribution in [3.63, 3.8) is 0 Å². The fourth-order valence-corrected chi connectivity index (χ4v) is 3.15. The molecule has 1 N–H and O–H groups in total. The standard InChI is InChI=1S/C15H26N2O2/c18-14(12-17-11-5-4-8-15(17)19)16-10-9-13-6-2-1-3-7-13/h13H,1-12H2,(H,16,18). The van der Waals surface area contributed by atoms with Crippen molar-refractivity contribution >= 4 is 11.8 Å². The summed E-state index contributed by atoms with van der Waals surface area (Å²) in [5, 5.41) is 2.96. The molecule has 0 aromatic heterocycles. The van der Waals surface area contributed by atoms with Gasteiger partial charge in [-0.15, -0.1) is 0 Å². The maximum Gasteiger partial charge on any atom is 0.239 e. The molecular formula is C15H26N2O2. The van der Waals surface area contributed by atoms with Crippen LogP contribution in [0.1, 0.15) is 57.8 Å². The van der Waals surface area contributed by atoms with Gasteiger partial charge in [0.1, 0.15) is 0 Å². The molecular weight excluding hydrogens is 240 g/mol. The van der Waals surface area contributed by atoms with E-state index in [-0.39, 0.29) is 18.4 Å². The number of amides is 2. The molecule has 0 radical (unpaired) electrons. The molecule has 1 saturated heterocycles. The molecule has 1 aliphatic heterocycles. The number of nitrogens with one attached hydrogen (secondary N) is 1. The first-order chi connectivity index (χ1) is 9.25. The molecule has 1 saturated carbocycles. The lowest BCUT2D eigenvalue weighted by Gasteiger charge is -2.26. The van der Waals surface area contributed by atoms with Gasteiger partial charge in [-0.3, -0.25) is 9.59 Å². The Morgan fingerprint density at radius 1 is 1.16 bits per heavy atom. The average Bonchev–Trinajstić information content (AvgIpc) is 2.43. The number of carbonyl (C=O) groups excluding carboxylic acids is 2. The summed E-state index contributed by atoms with van der Waals surface area (Å²) >= 11 is 0. The Bertz CT molecular complexity index is 311. The molecule has 1 heterocycles. The maximum atomic E-state index is 11.8. The van der Waals surface area contributed by atoms with Gasteiger partial charge in [0.25, 0.3) is 0 Å². The van der Waals surface area contributed by atoms with Crippen LogP contribution < -0.4 is 5.32 Å².